The van der Waals surface area contributed by atoms with Crippen LogP contribution in [0.2, 0.25) is 0 Å². The molecule has 1 fully saturated rings. The normalized spacial score (nSPS) is 17.7. The summed E-state index contributed by atoms with van der Waals surface area (Å²) >= 11 is 0. The van der Waals surface area contributed by atoms with Crippen molar-refractivity contribution in [2.45, 2.75) is 52.5 Å². The van der Waals surface area contributed by atoms with Gasteiger partial charge in [0.2, 0.25) is 5.91 Å². The van der Waals surface area contributed by atoms with Gasteiger partial charge in [-0.15, -0.1) is 0 Å². The number of halogens is 1. The number of benzene rings is 1. The first-order valence-electron chi connectivity index (χ1n) is 8.52. The first-order chi connectivity index (χ1) is 11.4. The molecule has 1 amide bonds. The summed E-state index contributed by atoms with van der Waals surface area (Å²) in [6.45, 7) is 6.00. The summed E-state index contributed by atoms with van der Waals surface area (Å²) in [5.74, 6) is -0.143. The Kier molecular flexibility index (Phi) is 4.43. The highest BCUT2D eigenvalue weighted by Crippen LogP contribution is 2.38. The van der Waals surface area contributed by atoms with Gasteiger partial charge in [-0.25, -0.2) is 9.07 Å². The minimum atomic E-state index is -0.269. The van der Waals surface area contributed by atoms with E-state index in [-0.39, 0.29) is 23.2 Å². The third-order valence-corrected chi connectivity index (χ3v) is 5.19. The molecule has 1 N–H and O–H groups in total. The van der Waals surface area contributed by atoms with Crippen LogP contribution in [0.4, 0.5) is 4.39 Å². The second kappa shape index (κ2) is 6.38. The Balaban J connectivity index is 1.77. The fraction of sp³-hybridized carbons (Fsp3) is 0.474. The summed E-state index contributed by atoms with van der Waals surface area (Å²) in [5, 5.41) is 7.54. The van der Waals surface area contributed by atoms with Crippen molar-refractivity contribution in [1.29, 1.82) is 0 Å². The number of hydrogen-bond donors (Lipinski definition) is 1. The van der Waals surface area contributed by atoms with E-state index in [9.17, 15) is 9.18 Å². The topological polar surface area (TPSA) is 46.9 Å². The Morgan fingerprint density at radius 3 is 2.54 bits per heavy atom. The summed E-state index contributed by atoms with van der Waals surface area (Å²) in [4.78, 5) is 12.6. The van der Waals surface area contributed by atoms with Crippen LogP contribution in [0, 0.1) is 18.2 Å². The van der Waals surface area contributed by atoms with Crippen LogP contribution in [0.3, 0.4) is 0 Å². The van der Waals surface area contributed by atoms with Crippen molar-refractivity contribution in [2.75, 3.05) is 0 Å². The van der Waals surface area contributed by atoms with Gasteiger partial charge in [0.25, 0.3) is 0 Å². The van der Waals surface area contributed by atoms with Gasteiger partial charge in [-0.05, 0) is 51.0 Å². The van der Waals surface area contributed by atoms with Crippen molar-refractivity contribution in [1.82, 2.24) is 15.1 Å². The number of amides is 1. The van der Waals surface area contributed by atoms with Crippen LogP contribution >= 0.6 is 0 Å². The van der Waals surface area contributed by atoms with Crippen LogP contribution < -0.4 is 5.32 Å². The molecular weight excluding hydrogens is 305 g/mol. The largest absolute Gasteiger partial charge is 0.349 e. The maximum Gasteiger partial charge on any atom is 0.226 e. The summed E-state index contributed by atoms with van der Waals surface area (Å²) in [7, 11) is 0. The van der Waals surface area contributed by atoms with Gasteiger partial charge in [0, 0.05) is 16.7 Å². The van der Waals surface area contributed by atoms with E-state index in [4.69, 9.17) is 0 Å². The zero-order chi connectivity index (χ0) is 17.3. The molecule has 4 nitrogen and oxygen atoms in total. The van der Waals surface area contributed by atoms with E-state index in [0.29, 0.717) is 0 Å². The molecule has 1 saturated carbocycles. The number of rotatable bonds is 4. The Hall–Kier alpha value is -2.17. The lowest BCUT2D eigenvalue weighted by atomic mass is 9.87. The predicted molar refractivity (Wildman–Crippen MR) is 91.4 cm³/mol. The Morgan fingerprint density at radius 2 is 1.92 bits per heavy atom. The van der Waals surface area contributed by atoms with Gasteiger partial charge in [-0.3, -0.25) is 4.79 Å². The van der Waals surface area contributed by atoms with E-state index in [1.165, 1.54) is 12.1 Å². The van der Waals surface area contributed by atoms with Gasteiger partial charge in [0.05, 0.1) is 17.9 Å². The number of hydrogen-bond acceptors (Lipinski definition) is 2. The number of carbonyl (C=O) groups is 1. The molecule has 3 rings (SSSR count). The van der Waals surface area contributed by atoms with Gasteiger partial charge in [0.15, 0.2) is 0 Å². The van der Waals surface area contributed by atoms with Crippen molar-refractivity contribution in [3.8, 4) is 5.69 Å². The molecule has 1 heterocycles. The van der Waals surface area contributed by atoms with Gasteiger partial charge in [-0.1, -0.05) is 19.8 Å². The average Bonchev–Trinajstić information content (AvgIpc) is 3.15. The maximum absolute atomic E-state index is 13.1. The van der Waals surface area contributed by atoms with Crippen molar-refractivity contribution in [3.63, 3.8) is 0 Å². The Bertz CT molecular complexity index is 730. The molecule has 0 spiro atoms. The molecule has 1 unspecified atom stereocenters. The zero-order valence-corrected chi connectivity index (χ0v) is 14.5. The predicted octanol–water partition coefficient (Wildman–Crippen LogP) is 4.08. The molecule has 1 atom stereocenters. The summed E-state index contributed by atoms with van der Waals surface area (Å²) < 4.78 is 14.9. The van der Waals surface area contributed by atoms with Crippen LogP contribution in [0.5, 0.6) is 0 Å². The lowest BCUT2D eigenvalue weighted by Gasteiger charge is -2.25. The second-order valence-corrected chi connectivity index (χ2v) is 7.04. The fourth-order valence-corrected chi connectivity index (χ4v) is 3.52. The highest BCUT2D eigenvalue weighted by molar-refractivity contribution is 5.82. The third kappa shape index (κ3) is 3.07. The lowest BCUT2D eigenvalue weighted by Crippen LogP contribution is -2.38. The smallest absolute Gasteiger partial charge is 0.226 e. The van der Waals surface area contributed by atoms with Crippen LogP contribution in [0.15, 0.2) is 30.5 Å². The van der Waals surface area contributed by atoms with E-state index < -0.39 is 0 Å². The zero-order valence-electron chi connectivity index (χ0n) is 14.5. The summed E-state index contributed by atoms with van der Waals surface area (Å²) in [5.41, 5.74) is 2.50. The van der Waals surface area contributed by atoms with Gasteiger partial charge < -0.3 is 5.32 Å². The van der Waals surface area contributed by atoms with E-state index >= 15 is 0 Å². The average molecular weight is 329 g/mol. The van der Waals surface area contributed by atoms with E-state index in [1.807, 2.05) is 13.8 Å². The van der Waals surface area contributed by atoms with E-state index in [1.54, 1.807) is 23.0 Å². The first-order valence-corrected chi connectivity index (χ1v) is 8.52. The standard InChI is InChI=1S/C19H24FN3O/c1-13(22-18(24)19(3)10-4-5-11-19)17-12-21-23(14(17)2)16-8-6-15(20)7-9-16/h6-9,12-13H,4-5,10-11H2,1-3H3,(H,22,24). The summed E-state index contributed by atoms with van der Waals surface area (Å²) in [6, 6.07) is 6.12. The van der Waals surface area contributed by atoms with Gasteiger partial charge in [-0.2, -0.15) is 5.10 Å². The molecule has 0 aliphatic heterocycles. The molecule has 0 saturated heterocycles. The van der Waals surface area contributed by atoms with E-state index in [0.717, 1.165) is 42.6 Å². The number of nitrogens with zero attached hydrogens (tertiary/aromatic N) is 2. The SMILES string of the molecule is Cc1c(C(C)NC(=O)C2(C)CCCC2)cnn1-c1ccc(F)cc1. The first kappa shape index (κ1) is 16.7. The molecule has 128 valence electrons. The van der Waals surface area contributed by atoms with Crippen molar-refractivity contribution in [2.24, 2.45) is 5.41 Å². The molecule has 24 heavy (non-hydrogen) atoms. The molecule has 5 heteroatoms. The van der Waals surface area contributed by atoms with Crippen LogP contribution in [-0.2, 0) is 4.79 Å². The minimum absolute atomic E-state index is 0.107. The van der Waals surface area contributed by atoms with E-state index in [2.05, 4.69) is 17.3 Å². The van der Waals surface area contributed by atoms with Crippen LogP contribution in [0.1, 0.15) is 56.8 Å². The lowest BCUT2D eigenvalue weighted by molar-refractivity contribution is -0.130. The Labute approximate surface area is 142 Å². The molecule has 0 bridgehead atoms. The van der Waals surface area contributed by atoms with Crippen molar-refractivity contribution >= 4 is 5.91 Å². The third-order valence-electron chi connectivity index (χ3n) is 5.19. The van der Waals surface area contributed by atoms with Gasteiger partial charge in [0.1, 0.15) is 5.82 Å². The second-order valence-electron chi connectivity index (χ2n) is 7.04. The maximum atomic E-state index is 13.1. The molecule has 1 aromatic heterocycles. The molecule has 1 aliphatic rings. The highest BCUT2D eigenvalue weighted by Gasteiger charge is 2.36. The number of aromatic nitrogens is 2. The number of nitrogens with one attached hydrogen (secondary N) is 1. The molecular formula is C19H24FN3O. The molecule has 1 aromatic carbocycles. The highest BCUT2D eigenvalue weighted by atomic mass is 19.1. The minimum Gasteiger partial charge on any atom is -0.349 e. The van der Waals surface area contributed by atoms with Crippen molar-refractivity contribution in [3.05, 3.63) is 47.5 Å². The van der Waals surface area contributed by atoms with Crippen LogP contribution in [0.25, 0.3) is 5.69 Å². The van der Waals surface area contributed by atoms with Gasteiger partial charge >= 0.3 is 0 Å². The molecule has 2 aromatic rings. The molecule has 1 aliphatic carbocycles. The number of carbonyl (C=O) groups excluding carboxylic acids is 1. The summed E-state index contributed by atoms with van der Waals surface area (Å²) in [6.07, 6.45) is 5.94. The van der Waals surface area contributed by atoms with Crippen LogP contribution in [-0.4, -0.2) is 15.7 Å². The monoisotopic (exact) mass is 329 g/mol. The quantitative estimate of drug-likeness (QED) is 0.919. The fourth-order valence-electron chi connectivity index (χ4n) is 3.52. The molecule has 0 radical (unpaired) electrons. The Morgan fingerprint density at radius 1 is 1.29 bits per heavy atom. The van der Waals surface area contributed by atoms with Crippen molar-refractivity contribution < 1.29 is 9.18 Å².